The Bertz CT molecular complexity index is 431. The van der Waals surface area contributed by atoms with Crippen LogP contribution in [0.5, 0.6) is 0 Å². The Kier molecular flexibility index (Phi) is 4.56. The van der Waals surface area contributed by atoms with E-state index in [1.165, 1.54) is 0 Å². The molecule has 3 nitrogen and oxygen atoms in total. The summed E-state index contributed by atoms with van der Waals surface area (Å²) in [5.74, 6) is 0. The van der Waals surface area contributed by atoms with Crippen LogP contribution in [0.15, 0.2) is 21.1 Å². The van der Waals surface area contributed by atoms with Crippen LogP contribution in [0, 0.1) is 0 Å². The van der Waals surface area contributed by atoms with Gasteiger partial charge in [0.25, 0.3) is 0 Å². The van der Waals surface area contributed by atoms with Gasteiger partial charge >= 0.3 is 0 Å². The Balaban J connectivity index is 2.20. The molecule has 0 bridgehead atoms. The van der Waals surface area contributed by atoms with Gasteiger partial charge in [-0.15, -0.1) is 0 Å². The maximum atomic E-state index is 9.56. The van der Waals surface area contributed by atoms with Gasteiger partial charge in [0.2, 0.25) is 0 Å². The number of benzene rings is 1. The number of hydrogen-bond donors (Lipinski definition) is 2. The van der Waals surface area contributed by atoms with Crippen molar-refractivity contribution in [1.29, 1.82) is 0 Å². The highest BCUT2D eigenvalue weighted by Crippen LogP contribution is 2.36. The third kappa shape index (κ3) is 3.00. The number of hydrogen-bond acceptors (Lipinski definition) is 3. The van der Waals surface area contributed by atoms with Gasteiger partial charge in [-0.3, -0.25) is 0 Å². The van der Waals surface area contributed by atoms with E-state index in [0.29, 0.717) is 6.04 Å². The fraction of sp³-hybridized carbons (Fsp3) is 0.538. The lowest BCUT2D eigenvalue weighted by Gasteiger charge is -2.35. The van der Waals surface area contributed by atoms with Gasteiger partial charge in [0.05, 0.1) is 17.5 Å². The number of anilines is 2. The molecule has 0 saturated heterocycles. The van der Waals surface area contributed by atoms with E-state index in [-0.39, 0.29) is 6.10 Å². The third-order valence-electron chi connectivity index (χ3n) is 3.67. The van der Waals surface area contributed by atoms with Crippen molar-refractivity contribution in [3.05, 3.63) is 21.1 Å². The molecule has 1 fully saturated rings. The van der Waals surface area contributed by atoms with Gasteiger partial charge in [-0.2, -0.15) is 0 Å². The molecule has 0 aliphatic heterocycles. The smallest absolute Gasteiger partial charge is 0.0697 e. The van der Waals surface area contributed by atoms with Crippen LogP contribution in [0.25, 0.3) is 0 Å². The Labute approximate surface area is 125 Å². The number of aliphatic hydroxyl groups excluding tert-OH is 1. The second kappa shape index (κ2) is 5.80. The third-order valence-corrected chi connectivity index (χ3v) is 4.78. The second-order valence-electron chi connectivity index (χ2n) is 4.89. The molecule has 0 unspecified atom stereocenters. The van der Waals surface area contributed by atoms with Crippen LogP contribution in [0.2, 0.25) is 0 Å². The molecule has 100 valence electrons. The van der Waals surface area contributed by atoms with Crippen molar-refractivity contribution >= 4 is 43.2 Å². The fourth-order valence-electron chi connectivity index (χ4n) is 2.51. The molecule has 1 saturated carbocycles. The average Bonchev–Trinajstić information content (AvgIpc) is 2.34. The Morgan fingerprint density at radius 2 is 1.83 bits per heavy atom. The van der Waals surface area contributed by atoms with Gasteiger partial charge in [0, 0.05) is 22.0 Å². The fourth-order valence-corrected chi connectivity index (χ4v) is 3.71. The Hall–Kier alpha value is -0.260. The largest absolute Gasteiger partial charge is 0.396 e. The van der Waals surface area contributed by atoms with Crippen molar-refractivity contribution in [2.24, 2.45) is 0 Å². The molecule has 3 N–H and O–H groups in total. The minimum absolute atomic E-state index is 0.124. The van der Waals surface area contributed by atoms with Gasteiger partial charge in [0.15, 0.2) is 0 Å². The monoisotopic (exact) mass is 376 g/mol. The number of nitrogens with two attached hydrogens (primary N) is 1. The summed E-state index contributed by atoms with van der Waals surface area (Å²) in [5, 5.41) is 9.56. The van der Waals surface area contributed by atoms with E-state index in [2.05, 4.69) is 43.8 Å². The molecule has 0 spiro atoms. The molecule has 2 rings (SSSR count). The summed E-state index contributed by atoms with van der Waals surface area (Å²) in [6.45, 7) is 0. The van der Waals surface area contributed by atoms with Crippen molar-refractivity contribution < 1.29 is 5.11 Å². The predicted molar refractivity (Wildman–Crippen MR) is 82.9 cm³/mol. The van der Waals surface area contributed by atoms with Crippen molar-refractivity contribution in [1.82, 2.24) is 0 Å². The molecule has 0 amide bonds. The maximum absolute atomic E-state index is 9.56. The van der Waals surface area contributed by atoms with Crippen molar-refractivity contribution in [3.8, 4) is 0 Å². The highest BCUT2D eigenvalue weighted by Gasteiger charge is 2.24. The lowest BCUT2D eigenvalue weighted by Crippen LogP contribution is -2.36. The van der Waals surface area contributed by atoms with Crippen LogP contribution in [0.4, 0.5) is 11.4 Å². The molecule has 0 heterocycles. The second-order valence-corrected chi connectivity index (χ2v) is 6.66. The molecule has 1 aliphatic carbocycles. The predicted octanol–water partition coefficient (Wildman–Crippen LogP) is 3.53. The van der Waals surface area contributed by atoms with Crippen LogP contribution < -0.4 is 10.6 Å². The summed E-state index contributed by atoms with van der Waals surface area (Å²) in [6.07, 6.45) is 3.66. The number of aliphatic hydroxyl groups is 1. The number of nitrogen functional groups attached to an aromatic ring is 1. The number of nitrogens with zero attached hydrogens (tertiary/aromatic N) is 1. The average molecular weight is 378 g/mol. The van der Waals surface area contributed by atoms with Gasteiger partial charge in [-0.1, -0.05) is 15.9 Å². The van der Waals surface area contributed by atoms with Crippen molar-refractivity contribution in [2.75, 3.05) is 17.7 Å². The first kappa shape index (κ1) is 14.2. The standard InChI is InChI=1S/C13H18Br2N2O/c1-17(9-2-4-10(18)5-3-9)12-7-8(14)6-11(15)13(12)16/h6-7,9-10,18H,2-5,16H2,1H3. The summed E-state index contributed by atoms with van der Waals surface area (Å²) in [7, 11) is 2.08. The van der Waals surface area contributed by atoms with Crippen LogP contribution in [-0.4, -0.2) is 24.3 Å². The minimum atomic E-state index is -0.124. The Morgan fingerprint density at radius 1 is 1.22 bits per heavy atom. The molecular weight excluding hydrogens is 360 g/mol. The van der Waals surface area contributed by atoms with Crippen LogP contribution in [0.3, 0.4) is 0 Å². The molecule has 1 aliphatic rings. The zero-order valence-corrected chi connectivity index (χ0v) is 13.5. The van der Waals surface area contributed by atoms with E-state index in [0.717, 1.165) is 46.0 Å². The van der Waals surface area contributed by atoms with Crippen LogP contribution in [0.1, 0.15) is 25.7 Å². The van der Waals surface area contributed by atoms with E-state index >= 15 is 0 Å². The van der Waals surface area contributed by atoms with Gasteiger partial charge < -0.3 is 15.7 Å². The number of halogens is 2. The van der Waals surface area contributed by atoms with E-state index in [4.69, 9.17) is 5.73 Å². The first-order valence-corrected chi connectivity index (χ1v) is 7.73. The summed E-state index contributed by atoms with van der Waals surface area (Å²) in [6, 6.07) is 4.46. The molecule has 0 radical (unpaired) electrons. The lowest BCUT2D eigenvalue weighted by atomic mass is 9.92. The molecule has 0 aromatic heterocycles. The van der Waals surface area contributed by atoms with Gasteiger partial charge in [-0.25, -0.2) is 0 Å². The topological polar surface area (TPSA) is 49.5 Å². The minimum Gasteiger partial charge on any atom is -0.396 e. The Morgan fingerprint density at radius 3 is 2.44 bits per heavy atom. The van der Waals surface area contributed by atoms with E-state index in [1.807, 2.05) is 12.1 Å². The van der Waals surface area contributed by atoms with Crippen molar-refractivity contribution in [2.45, 2.75) is 37.8 Å². The molecule has 0 atom stereocenters. The molecule has 18 heavy (non-hydrogen) atoms. The van der Waals surface area contributed by atoms with E-state index < -0.39 is 0 Å². The zero-order chi connectivity index (χ0) is 13.3. The highest BCUT2D eigenvalue weighted by molar-refractivity contribution is 9.11. The van der Waals surface area contributed by atoms with Gasteiger partial charge in [0.1, 0.15) is 0 Å². The van der Waals surface area contributed by atoms with E-state index in [9.17, 15) is 5.11 Å². The highest BCUT2D eigenvalue weighted by atomic mass is 79.9. The normalized spacial score (nSPS) is 24.0. The van der Waals surface area contributed by atoms with Crippen LogP contribution in [-0.2, 0) is 0 Å². The summed E-state index contributed by atoms with van der Waals surface area (Å²) in [4.78, 5) is 2.23. The zero-order valence-electron chi connectivity index (χ0n) is 10.4. The SMILES string of the molecule is CN(c1cc(Br)cc(Br)c1N)C1CCC(O)CC1. The first-order chi connectivity index (χ1) is 8.49. The van der Waals surface area contributed by atoms with Crippen LogP contribution >= 0.6 is 31.9 Å². The first-order valence-electron chi connectivity index (χ1n) is 6.14. The molecule has 1 aromatic carbocycles. The van der Waals surface area contributed by atoms with Gasteiger partial charge in [-0.05, 0) is 53.7 Å². The lowest BCUT2D eigenvalue weighted by molar-refractivity contribution is 0.122. The van der Waals surface area contributed by atoms with E-state index in [1.54, 1.807) is 0 Å². The molecule has 5 heteroatoms. The summed E-state index contributed by atoms with van der Waals surface area (Å²) in [5.41, 5.74) is 7.94. The quantitative estimate of drug-likeness (QED) is 0.775. The summed E-state index contributed by atoms with van der Waals surface area (Å²) >= 11 is 6.97. The summed E-state index contributed by atoms with van der Waals surface area (Å²) < 4.78 is 1.93. The molecular formula is C13H18Br2N2O. The number of rotatable bonds is 2. The molecule has 1 aromatic rings. The maximum Gasteiger partial charge on any atom is 0.0697 e. The van der Waals surface area contributed by atoms with Crippen molar-refractivity contribution in [3.63, 3.8) is 0 Å².